The number of methoxy groups -OCH3 is 1. The molecule has 104 valence electrons. The van der Waals surface area contributed by atoms with E-state index in [1.807, 2.05) is 0 Å². The highest BCUT2D eigenvalue weighted by Gasteiger charge is 2.37. The number of amides is 1. The molecule has 1 aromatic carbocycles. The van der Waals surface area contributed by atoms with Crippen molar-refractivity contribution in [3.63, 3.8) is 0 Å². The minimum atomic E-state index is -1.16. The minimum absolute atomic E-state index is 0.161. The van der Waals surface area contributed by atoms with Crippen LogP contribution in [-0.2, 0) is 0 Å². The quantitative estimate of drug-likeness (QED) is 0.806. The molecule has 1 N–H and O–H groups in total. The number of benzene rings is 1. The lowest BCUT2D eigenvalue weighted by Gasteiger charge is -2.37. The summed E-state index contributed by atoms with van der Waals surface area (Å²) in [6.45, 7) is 0.611. The van der Waals surface area contributed by atoms with Crippen LogP contribution in [0.1, 0.15) is 19.3 Å². The molecule has 2 rings (SSSR count). The summed E-state index contributed by atoms with van der Waals surface area (Å²) in [6, 6.07) is 6.92. The van der Waals surface area contributed by atoms with Gasteiger partial charge in [0.2, 0.25) is 0 Å². The Morgan fingerprint density at radius 3 is 2.63 bits per heavy atom. The maximum Gasteiger partial charge on any atom is 0.262 e. The molecule has 5 heteroatoms. The fourth-order valence-electron chi connectivity index (χ4n) is 2.68. The van der Waals surface area contributed by atoms with E-state index < -0.39 is 12.2 Å². The van der Waals surface area contributed by atoms with Gasteiger partial charge < -0.3 is 19.7 Å². The Morgan fingerprint density at radius 2 is 2.05 bits per heavy atom. The lowest BCUT2D eigenvalue weighted by atomic mass is 10.2. The third-order valence-electron chi connectivity index (χ3n) is 3.77. The average molecular weight is 265 g/mol. The van der Waals surface area contributed by atoms with Crippen LogP contribution < -0.4 is 14.3 Å². The van der Waals surface area contributed by atoms with Gasteiger partial charge in [0.25, 0.3) is 6.09 Å². The molecule has 1 aliphatic heterocycles. The number of aliphatic hydroxyl groups excluding tert-OH is 1. The number of nitrogens with zero attached hydrogens (tertiary/aromatic N) is 1. The maximum atomic E-state index is 11.6. The SMILES string of the molecule is COc1ccc([N+]2(C(=O)[O-])CCCCC(O)C2)cc1. The molecule has 1 aliphatic rings. The second kappa shape index (κ2) is 5.59. The number of quaternary nitrogens is 1. The zero-order valence-corrected chi connectivity index (χ0v) is 11.0. The van der Waals surface area contributed by atoms with Gasteiger partial charge in [0.15, 0.2) is 0 Å². The van der Waals surface area contributed by atoms with E-state index in [1.54, 1.807) is 31.4 Å². The van der Waals surface area contributed by atoms with Crippen molar-refractivity contribution < 1.29 is 19.7 Å². The smallest absolute Gasteiger partial charge is 0.262 e. The first kappa shape index (κ1) is 13.8. The summed E-state index contributed by atoms with van der Waals surface area (Å²) in [5.41, 5.74) is 0.627. The van der Waals surface area contributed by atoms with E-state index in [0.717, 1.165) is 12.8 Å². The van der Waals surface area contributed by atoms with E-state index in [9.17, 15) is 15.0 Å². The van der Waals surface area contributed by atoms with Gasteiger partial charge in [-0.1, -0.05) is 0 Å². The third-order valence-corrected chi connectivity index (χ3v) is 3.77. The number of carboxylic acid groups (broad SMARTS) is 1. The lowest BCUT2D eigenvalue weighted by Crippen LogP contribution is -2.62. The molecular weight excluding hydrogens is 246 g/mol. The van der Waals surface area contributed by atoms with Gasteiger partial charge in [0.1, 0.15) is 24.1 Å². The van der Waals surface area contributed by atoms with Crippen molar-refractivity contribution in [1.82, 2.24) is 4.48 Å². The maximum absolute atomic E-state index is 11.6. The molecule has 2 unspecified atom stereocenters. The second-order valence-corrected chi connectivity index (χ2v) is 4.99. The summed E-state index contributed by atoms with van der Waals surface area (Å²) in [4.78, 5) is 11.6. The Balaban J connectivity index is 2.39. The summed E-state index contributed by atoms with van der Waals surface area (Å²) in [7, 11) is 1.56. The number of ether oxygens (including phenoxy) is 1. The number of hydrogen-bond donors (Lipinski definition) is 1. The van der Waals surface area contributed by atoms with Crippen molar-refractivity contribution in [2.45, 2.75) is 25.4 Å². The van der Waals surface area contributed by atoms with E-state index in [-0.39, 0.29) is 11.0 Å². The van der Waals surface area contributed by atoms with Crippen LogP contribution in [0.3, 0.4) is 0 Å². The van der Waals surface area contributed by atoms with Gasteiger partial charge in [-0.15, -0.1) is 0 Å². The van der Waals surface area contributed by atoms with Gasteiger partial charge >= 0.3 is 0 Å². The number of aliphatic hydroxyl groups is 1. The Kier molecular flexibility index (Phi) is 4.07. The van der Waals surface area contributed by atoms with Crippen molar-refractivity contribution in [3.8, 4) is 5.75 Å². The molecule has 1 fully saturated rings. The summed E-state index contributed by atoms with van der Waals surface area (Å²) in [5, 5.41) is 21.6. The highest BCUT2D eigenvalue weighted by Crippen LogP contribution is 2.29. The Labute approximate surface area is 112 Å². The number of carbonyl (C=O) groups excluding carboxylic acids is 1. The largest absolute Gasteiger partial charge is 0.498 e. The first-order chi connectivity index (χ1) is 9.08. The molecule has 1 heterocycles. The first-order valence-electron chi connectivity index (χ1n) is 6.50. The van der Waals surface area contributed by atoms with Crippen LogP contribution in [0.5, 0.6) is 5.75 Å². The predicted molar refractivity (Wildman–Crippen MR) is 69.8 cm³/mol. The molecule has 0 spiro atoms. The highest BCUT2D eigenvalue weighted by atomic mass is 16.5. The first-order valence-corrected chi connectivity index (χ1v) is 6.50. The number of carbonyl (C=O) groups is 1. The normalized spacial score (nSPS) is 27.6. The minimum Gasteiger partial charge on any atom is -0.498 e. The fraction of sp³-hybridized carbons (Fsp3) is 0.500. The van der Waals surface area contributed by atoms with Crippen molar-refractivity contribution in [3.05, 3.63) is 24.3 Å². The Bertz CT molecular complexity index is 445. The lowest BCUT2D eigenvalue weighted by molar-refractivity contribution is -0.265. The van der Waals surface area contributed by atoms with Gasteiger partial charge in [0, 0.05) is 12.1 Å². The van der Waals surface area contributed by atoms with Gasteiger partial charge in [-0.05, 0) is 31.4 Å². The topological polar surface area (TPSA) is 69.6 Å². The van der Waals surface area contributed by atoms with E-state index in [0.29, 0.717) is 24.4 Å². The van der Waals surface area contributed by atoms with Gasteiger partial charge in [-0.2, -0.15) is 0 Å². The summed E-state index contributed by atoms with van der Waals surface area (Å²) in [6.07, 6.45) is 0.471. The Morgan fingerprint density at radius 1 is 1.37 bits per heavy atom. The van der Waals surface area contributed by atoms with E-state index in [1.165, 1.54) is 0 Å². The third kappa shape index (κ3) is 2.72. The predicted octanol–water partition coefficient (Wildman–Crippen LogP) is 0.891. The molecule has 1 amide bonds. The molecule has 0 aromatic heterocycles. The molecule has 19 heavy (non-hydrogen) atoms. The zero-order chi connectivity index (χ0) is 13.9. The number of likely N-dealkylation sites (tertiary alicyclic amines) is 1. The molecular formula is C14H19NO4. The molecule has 1 aromatic rings. The van der Waals surface area contributed by atoms with E-state index in [2.05, 4.69) is 0 Å². The van der Waals surface area contributed by atoms with Gasteiger partial charge in [0.05, 0.1) is 13.7 Å². The average Bonchev–Trinajstić information content (AvgIpc) is 2.61. The van der Waals surface area contributed by atoms with Crippen molar-refractivity contribution in [1.29, 1.82) is 0 Å². The Hall–Kier alpha value is -1.59. The fourth-order valence-corrected chi connectivity index (χ4v) is 2.68. The van der Waals surface area contributed by atoms with Crippen LogP contribution in [0.2, 0.25) is 0 Å². The van der Waals surface area contributed by atoms with E-state index in [4.69, 9.17) is 4.74 Å². The second-order valence-electron chi connectivity index (χ2n) is 4.99. The van der Waals surface area contributed by atoms with Crippen LogP contribution in [0.25, 0.3) is 0 Å². The standard InChI is InChI=1S/C14H19NO4/c1-19-13-7-5-11(6-8-13)15(14(17)18)9-3-2-4-12(16)10-15/h5-8,12,16H,2-4,9-10H2,1H3. The number of hydrogen-bond acceptors (Lipinski definition) is 4. The van der Waals surface area contributed by atoms with Crippen LogP contribution >= 0.6 is 0 Å². The van der Waals surface area contributed by atoms with E-state index >= 15 is 0 Å². The van der Waals surface area contributed by atoms with Gasteiger partial charge in [-0.25, -0.2) is 4.48 Å². The zero-order valence-electron chi connectivity index (χ0n) is 11.0. The molecule has 0 saturated carbocycles. The van der Waals surface area contributed by atoms with Crippen molar-refractivity contribution >= 4 is 11.8 Å². The van der Waals surface area contributed by atoms with Crippen LogP contribution in [0, 0.1) is 0 Å². The molecule has 5 nitrogen and oxygen atoms in total. The molecule has 0 bridgehead atoms. The number of rotatable bonds is 2. The molecule has 2 atom stereocenters. The molecule has 1 saturated heterocycles. The van der Waals surface area contributed by atoms with Crippen LogP contribution in [-0.4, -0.2) is 37.5 Å². The summed E-state index contributed by atoms with van der Waals surface area (Å²) >= 11 is 0. The van der Waals surface area contributed by atoms with Crippen molar-refractivity contribution in [2.75, 3.05) is 20.2 Å². The highest BCUT2D eigenvalue weighted by molar-refractivity contribution is 5.79. The summed E-state index contributed by atoms with van der Waals surface area (Å²) < 4.78 is 4.76. The summed E-state index contributed by atoms with van der Waals surface area (Å²) in [5.74, 6) is 0.676. The van der Waals surface area contributed by atoms with Crippen LogP contribution in [0.15, 0.2) is 24.3 Å². The van der Waals surface area contributed by atoms with Crippen molar-refractivity contribution in [2.24, 2.45) is 0 Å². The molecule has 0 radical (unpaired) electrons. The monoisotopic (exact) mass is 265 g/mol. The van der Waals surface area contributed by atoms with Crippen LogP contribution in [0.4, 0.5) is 10.5 Å². The van der Waals surface area contributed by atoms with Gasteiger partial charge in [-0.3, -0.25) is 0 Å². The molecule has 0 aliphatic carbocycles.